The SMILES string of the molecule is CCC(NC(C)=O)N1CCOCC1. The predicted molar refractivity (Wildman–Crippen MR) is 50.3 cm³/mol. The molecular weight excluding hydrogens is 168 g/mol. The van der Waals surface area contributed by atoms with Crippen LogP contribution in [0.1, 0.15) is 20.3 Å². The van der Waals surface area contributed by atoms with Gasteiger partial charge in [-0.1, -0.05) is 6.92 Å². The molecule has 0 spiro atoms. The molecule has 1 atom stereocenters. The van der Waals surface area contributed by atoms with Gasteiger partial charge in [0, 0.05) is 20.0 Å². The number of hydrogen-bond acceptors (Lipinski definition) is 3. The number of ether oxygens (including phenoxy) is 1. The molecule has 76 valence electrons. The van der Waals surface area contributed by atoms with Gasteiger partial charge in [-0.2, -0.15) is 0 Å². The van der Waals surface area contributed by atoms with E-state index in [4.69, 9.17) is 4.74 Å². The van der Waals surface area contributed by atoms with E-state index in [-0.39, 0.29) is 12.1 Å². The molecule has 1 unspecified atom stereocenters. The average Bonchev–Trinajstić information content (AvgIpc) is 2.15. The van der Waals surface area contributed by atoms with Gasteiger partial charge in [0.05, 0.1) is 19.4 Å². The Kier molecular flexibility index (Phi) is 4.18. The number of rotatable bonds is 3. The van der Waals surface area contributed by atoms with E-state index in [1.54, 1.807) is 6.92 Å². The van der Waals surface area contributed by atoms with E-state index in [1.807, 2.05) is 0 Å². The van der Waals surface area contributed by atoms with Gasteiger partial charge in [0.2, 0.25) is 5.91 Å². The van der Waals surface area contributed by atoms with Crippen LogP contribution in [-0.2, 0) is 9.53 Å². The Bertz CT molecular complexity index is 167. The maximum absolute atomic E-state index is 10.9. The summed E-state index contributed by atoms with van der Waals surface area (Å²) in [6.07, 6.45) is 1.13. The van der Waals surface area contributed by atoms with Gasteiger partial charge in [0.1, 0.15) is 0 Å². The number of carbonyl (C=O) groups excluding carboxylic acids is 1. The highest BCUT2D eigenvalue weighted by Gasteiger charge is 2.19. The molecule has 1 N–H and O–H groups in total. The van der Waals surface area contributed by atoms with Crippen LogP contribution in [0.4, 0.5) is 0 Å². The zero-order valence-corrected chi connectivity index (χ0v) is 8.38. The number of carbonyl (C=O) groups is 1. The second-order valence-electron chi connectivity index (χ2n) is 3.27. The summed E-state index contributed by atoms with van der Waals surface area (Å²) in [5, 5.41) is 2.93. The standard InChI is InChI=1S/C9H18N2O2/c1-3-9(10-8(2)12)11-4-6-13-7-5-11/h9H,3-7H2,1-2H3,(H,10,12). The first-order valence-corrected chi connectivity index (χ1v) is 4.83. The zero-order valence-electron chi connectivity index (χ0n) is 8.38. The third-order valence-corrected chi connectivity index (χ3v) is 2.24. The second-order valence-corrected chi connectivity index (χ2v) is 3.27. The van der Waals surface area contributed by atoms with Gasteiger partial charge in [-0.15, -0.1) is 0 Å². The molecule has 4 heteroatoms. The summed E-state index contributed by atoms with van der Waals surface area (Å²) >= 11 is 0. The molecule has 1 aliphatic heterocycles. The molecule has 0 aromatic rings. The molecule has 4 nitrogen and oxygen atoms in total. The van der Waals surface area contributed by atoms with Gasteiger partial charge in [0.15, 0.2) is 0 Å². The fraction of sp³-hybridized carbons (Fsp3) is 0.889. The summed E-state index contributed by atoms with van der Waals surface area (Å²) in [5.41, 5.74) is 0. The van der Waals surface area contributed by atoms with Crippen LogP contribution in [0, 0.1) is 0 Å². The Morgan fingerprint density at radius 3 is 2.62 bits per heavy atom. The van der Waals surface area contributed by atoms with E-state index in [0.717, 1.165) is 32.7 Å². The van der Waals surface area contributed by atoms with E-state index in [1.165, 1.54) is 0 Å². The Morgan fingerprint density at radius 2 is 2.15 bits per heavy atom. The highest BCUT2D eigenvalue weighted by Crippen LogP contribution is 2.04. The minimum atomic E-state index is 0.0401. The number of nitrogens with zero attached hydrogens (tertiary/aromatic N) is 1. The summed E-state index contributed by atoms with van der Waals surface area (Å²) < 4.78 is 5.24. The van der Waals surface area contributed by atoms with E-state index in [9.17, 15) is 4.79 Å². The Labute approximate surface area is 79.2 Å². The lowest BCUT2D eigenvalue weighted by Gasteiger charge is -2.34. The first-order valence-electron chi connectivity index (χ1n) is 4.83. The molecule has 0 bridgehead atoms. The van der Waals surface area contributed by atoms with Crippen molar-refractivity contribution in [1.82, 2.24) is 10.2 Å². The van der Waals surface area contributed by atoms with Crippen molar-refractivity contribution in [3.63, 3.8) is 0 Å². The molecule has 1 rings (SSSR count). The van der Waals surface area contributed by atoms with Crippen LogP contribution >= 0.6 is 0 Å². The fourth-order valence-electron chi connectivity index (χ4n) is 1.58. The number of hydrogen-bond donors (Lipinski definition) is 1. The Balaban J connectivity index is 2.39. The average molecular weight is 186 g/mol. The summed E-state index contributed by atoms with van der Waals surface area (Å²) in [4.78, 5) is 13.1. The topological polar surface area (TPSA) is 41.6 Å². The van der Waals surface area contributed by atoms with Crippen LogP contribution < -0.4 is 5.32 Å². The van der Waals surface area contributed by atoms with Crippen molar-refractivity contribution in [3.05, 3.63) is 0 Å². The lowest BCUT2D eigenvalue weighted by molar-refractivity contribution is -0.121. The molecule has 0 saturated carbocycles. The summed E-state index contributed by atoms with van der Waals surface area (Å²) in [6.45, 7) is 7.02. The lowest BCUT2D eigenvalue weighted by Crippen LogP contribution is -2.51. The molecular formula is C9H18N2O2. The molecule has 0 radical (unpaired) electrons. The van der Waals surface area contributed by atoms with Crippen LogP contribution in [0.2, 0.25) is 0 Å². The molecule has 0 aliphatic carbocycles. The third kappa shape index (κ3) is 3.32. The lowest BCUT2D eigenvalue weighted by atomic mass is 10.3. The van der Waals surface area contributed by atoms with Gasteiger partial charge >= 0.3 is 0 Å². The van der Waals surface area contributed by atoms with Crippen molar-refractivity contribution in [1.29, 1.82) is 0 Å². The van der Waals surface area contributed by atoms with Crippen molar-refractivity contribution in [3.8, 4) is 0 Å². The minimum Gasteiger partial charge on any atom is -0.379 e. The van der Waals surface area contributed by atoms with Crippen molar-refractivity contribution in [2.75, 3.05) is 26.3 Å². The maximum atomic E-state index is 10.9. The van der Waals surface area contributed by atoms with E-state index in [0.29, 0.717) is 0 Å². The number of morpholine rings is 1. The fourth-order valence-corrected chi connectivity index (χ4v) is 1.58. The van der Waals surface area contributed by atoms with Crippen molar-refractivity contribution in [2.24, 2.45) is 0 Å². The molecule has 1 aliphatic rings. The zero-order chi connectivity index (χ0) is 9.68. The van der Waals surface area contributed by atoms with Crippen LogP contribution in [0.3, 0.4) is 0 Å². The first kappa shape index (κ1) is 10.5. The van der Waals surface area contributed by atoms with E-state index >= 15 is 0 Å². The number of amides is 1. The van der Waals surface area contributed by atoms with Gasteiger partial charge in [-0.3, -0.25) is 9.69 Å². The van der Waals surface area contributed by atoms with Gasteiger partial charge in [-0.05, 0) is 6.42 Å². The summed E-state index contributed by atoms with van der Waals surface area (Å²) in [6, 6.07) is 0. The second kappa shape index (κ2) is 5.19. The highest BCUT2D eigenvalue weighted by molar-refractivity contribution is 5.73. The molecule has 13 heavy (non-hydrogen) atoms. The van der Waals surface area contributed by atoms with Gasteiger partial charge in [-0.25, -0.2) is 0 Å². The van der Waals surface area contributed by atoms with Crippen molar-refractivity contribution >= 4 is 5.91 Å². The molecule has 1 fully saturated rings. The third-order valence-electron chi connectivity index (χ3n) is 2.24. The molecule has 1 amide bonds. The van der Waals surface area contributed by atoms with Gasteiger partial charge in [0.25, 0.3) is 0 Å². The van der Waals surface area contributed by atoms with Crippen LogP contribution in [0.5, 0.6) is 0 Å². The Hall–Kier alpha value is -0.610. The summed E-state index contributed by atoms with van der Waals surface area (Å²) in [5.74, 6) is 0.0401. The van der Waals surface area contributed by atoms with Crippen LogP contribution in [0.25, 0.3) is 0 Å². The van der Waals surface area contributed by atoms with Crippen molar-refractivity contribution < 1.29 is 9.53 Å². The molecule has 1 saturated heterocycles. The highest BCUT2D eigenvalue weighted by atomic mass is 16.5. The molecule has 1 heterocycles. The maximum Gasteiger partial charge on any atom is 0.218 e. The summed E-state index contributed by atoms with van der Waals surface area (Å²) in [7, 11) is 0. The normalized spacial score (nSPS) is 21.1. The quantitative estimate of drug-likeness (QED) is 0.684. The van der Waals surface area contributed by atoms with Crippen LogP contribution in [-0.4, -0.2) is 43.3 Å². The molecule has 0 aromatic carbocycles. The Morgan fingerprint density at radius 1 is 1.54 bits per heavy atom. The monoisotopic (exact) mass is 186 g/mol. The number of nitrogens with one attached hydrogen (secondary N) is 1. The minimum absolute atomic E-state index is 0.0401. The van der Waals surface area contributed by atoms with Gasteiger partial charge < -0.3 is 10.1 Å². The largest absolute Gasteiger partial charge is 0.379 e. The molecule has 0 aromatic heterocycles. The van der Waals surface area contributed by atoms with E-state index < -0.39 is 0 Å². The smallest absolute Gasteiger partial charge is 0.218 e. The van der Waals surface area contributed by atoms with Crippen LogP contribution in [0.15, 0.2) is 0 Å². The predicted octanol–water partition coefficient (Wildman–Crippen LogP) is 0.191. The van der Waals surface area contributed by atoms with Crippen molar-refractivity contribution in [2.45, 2.75) is 26.4 Å². The van der Waals surface area contributed by atoms with E-state index in [2.05, 4.69) is 17.1 Å². The first-order chi connectivity index (χ1) is 6.24.